The van der Waals surface area contributed by atoms with Gasteiger partial charge in [-0.1, -0.05) is 24.3 Å². The highest BCUT2D eigenvalue weighted by molar-refractivity contribution is 6.07. The largest absolute Gasteiger partial charge is 0.481 e. The van der Waals surface area contributed by atoms with Crippen LogP contribution in [0.5, 0.6) is 5.88 Å². The zero-order valence-corrected chi connectivity index (χ0v) is 21.8. The predicted molar refractivity (Wildman–Crippen MR) is 140 cm³/mol. The Kier molecular flexibility index (Phi) is 7.91. The quantitative estimate of drug-likeness (QED) is 0.326. The maximum Gasteiger partial charge on any atom is 0.417 e. The number of carbonyl (C=O) groups excluding carboxylic acids is 2. The first kappa shape index (κ1) is 28.0. The van der Waals surface area contributed by atoms with Crippen LogP contribution in [0.4, 0.5) is 28.9 Å². The molecular weight excluding hydrogens is 516 g/mol. The standard InChI is InChI=1S/C28H28F4N4O3/c1-16-13-36(14-17(2)35(16)3)25-11-23(29)20(19-8-6-5-7-18(19)15-37)9-24(25)34-27(38)21-12-33-26(39-4)10-22(21)28(30,31)32/h5-12,15-17H,13-14H2,1-4H3,(H,34,38)/t16-,17+. The van der Waals surface area contributed by atoms with Gasteiger partial charge >= 0.3 is 6.18 Å². The van der Waals surface area contributed by atoms with Gasteiger partial charge in [-0.2, -0.15) is 13.2 Å². The minimum absolute atomic E-state index is 0.0240. The van der Waals surface area contributed by atoms with E-state index in [1.807, 2.05) is 25.8 Å². The van der Waals surface area contributed by atoms with Crippen molar-refractivity contribution in [1.82, 2.24) is 9.88 Å². The van der Waals surface area contributed by atoms with Crippen molar-refractivity contribution in [3.63, 3.8) is 0 Å². The second-order valence-electron chi connectivity index (χ2n) is 9.55. The Morgan fingerprint density at radius 1 is 1.10 bits per heavy atom. The number of methoxy groups -OCH3 is 1. The molecule has 1 fully saturated rings. The van der Waals surface area contributed by atoms with E-state index in [9.17, 15) is 22.8 Å². The Morgan fingerprint density at radius 2 is 1.77 bits per heavy atom. The van der Waals surface area contributed by atoms with Gasteiger partial charge in [0.15, 0.2) is 6.29 Å². The van der Waals surface area contributed by atoms with E-state index in [-0.39, 0.29) is 40.3 Å². The summed E-state index contributed by atoms with van der Waals surface area (Å²) in [5, 5.41) is 2.56. The first-order chi connectivity index (χ1) is 18.4. The van der Waals surface area contributed by atoms with E-state index >= 15 is 4.39 Å². The average Bonchev–Trinajstić information content (AvgIpc) is 2.91. The number of rotatable bonds is 6. The highest BCUT2D eigenvalue weighted by Gasteiger charge is 2.37. The summed E-state index contributed by atoms with van der Waals surface area (Å²) in [6.45, 7) is 4.99. The van der Waals surface area contributed by atoms with Gasteiger partial charge in [0.2, 0.25) is 5.88 Å². The van der Waals surface area contributed by atoms with Crippen molar-refractivity contribution in [1.29, 1.82) is 0 Å². The number of piperazine rings is 1. The fourth-order valence-electron chi connectivity index (χ4n) is 4.73. The van der Waals surface area contributed by atoms with Crippen LogP contribution >= 0.6 is 0 Å². The van der Waals surface area contributed by atoms with E-state index in [1.54, 1.807) is 18.2 Å². The molecule has 3 aromatic rings. The smallest absolute Gasteiger partial charge is 0.417 e. The number of ether oxygens (including phenoxy) is 1. The molecule has 0 unspecified atom stereocenters. The van der Waals surface area contributed by atoms with Gasteiger partial charge in [0.05, 0.1) is 29.6 Å². The molecule has 0 saturated carbocycles. The number of halogens is 4. The number of aromatic nitrogens is 1. The molecule has 11 heteroatoms. The number of nitrogens with zero attached hydrogens (tertiary/aromatic N) is 3. The van der Waals surface area contributed by atoms with Gasteiger partial charge in [-0.25, -0.2) is 9.37 Å². The second-order valence-corrected chi connectivity index (χ2v) is 9.55. The summed E-state index contributed by atoms with van der Waals surface area (Å²) in [6, 6.07) is 9.75. The first-order valence-corrected chi connectivity index (χ1v) is 12.2. The molecule has 206 valence electrons. The van der Waals surface area contributed by atoms with Crippen molar-refractivity contribution >= 4 is 23.6 Å². The zero-order valence-electron chi connectivity index (χ0n) is 21.8. The number of hydrogen-bond acceptors (Lipinski definition) is 6. The summed E-state index contributed by atoms with van der Waals surface area (Å²) < 4.78 is 61.8. The van der Waals surface area contributed by atoms with Crippen LogP contribution < -0.4 is 15.0 Å². The van der Waals surface area contributed by atoms with Crippen LogP contribution in [0.3, 0.4) is 0 Å². The summed E-state index contributed by atoms with van der Waals surface area (Å²) in [4.78, 5) is 32.7. The lowest BCUT2D eigenvalue weighted by molar-refractivity contribution is -0.138. The molecular formula is C28H28F4N4O3. The molecule has 2 heterocycles. The van der Waals surface area contributed by atoms with E-state index in [4.69, 9.17) is 4.74 Å². The summed E-state index contributed by atoms with van der Waals surface area (Å²) in [6.07, 6.45) is -3.48. The van der Waals surface area contributed by atoms with Crippen LogP contribution in [0.15, 0.2) is 48.7 Å². The number of amides is 1. The van der Waals surface area contributed by atoms with Crippen molar-refractivity contribution in [3.05, 3.63) is 71.2 Å². The lowest BCUT2D eigenvalue weighted by Gasteiger charge is -2.44. The average molecular weight is 545 g/mol. The summed E-state index contributed by atoms with van der Waals surface area (Å²) >= 11 is 0. The predicted octanol–water partition coefficient (Wildman–Crippen LogP) is 5.51. The van der Waals surface area contributed by atoms with Gasteiger partial charge in [-0.05, 0) is 38.6 Å². The first-order valence-electron chi connectivity index (χ1n) is 12.2. The van der Waals surface area contributed by atoms with Crippen LogP contribution in [0.25, 0.3) is 11.1 Å². The van der Waals surface area contributed by atoms with E-state index in [2.05, 4.69) is 15.2 Å². The number of likely N-dealkylation sites (N-methyl/N-ethyl adjacent to an activating group) is 1. The molecule has 1 aliphatic rings. The van der Waals surface area contributed by atoms with Crippen molar-refractivity contribution in [2.45, 2.75) is 32.1 Å². The third kappa shape index (κ3) is 5.73. The molecule has 1 amide bonds. The number of carbonyl (C=O) groups is 2. The molecule has 1 aromatic heterocycles. The van der Waals surface area contributed by atoms with Gasteiger partial charge < -0.3 is 15.0 Å². The van der Waals surface area contributed by atoms with Crippen LogP contribution in [-0.2, 0) is 6.18 Å². The third-order valence-electron chi connectivity index (χ3n) is 7.05. The number of hydrogen-bond donors (Lipinski definition) is 1. The summed E-state index contributed by atoms with van der Waals surface area (Å²) in [7, 11) is 3.15. The van der Waals surface area contributed by atoms with Crippen molar-refractivity contribution in [2.24, 2.45) is 0 Å². The fraction of sp³-hybridized carbons (Fsp3) is 0.321. The molecule has 2 atom stereocenters. The molecule has 0 spiro atoms. The van der Waals surface area contributed by atoms with E-state index in [1.165, 1.54) is 25.3 Å². The minimum Gasteiger partial charge on any atom is -0.481 e. The number of pyridine rings is 1. The lowest BCUT2D eigenvalue weighted by Crippen LogP contribution is -2.55. The van der Waals surface area contributed by atoms with Gasteiger partial charge in [0.25, 0.3) is 5.91 Å². The molecule has 2 aromatic carbocycles. The Hall–Kier alpha value is -3.99. The van der Waals surface area contributed by atoms with Crippen LogP contribution in [0.2, 0.25) is 0 Å². The molecule has 1 N–H and O–H groups in total. The lowest BCUT2D eigenvalue weighted by atomic mass is 9.97. The Balaban J connectivity index is 1.84. The Morgan fingerprint density at radius 3 is 2.38 bits per heavy atom. The molecule has 7 nitrogen and oxygen atoms in total. The van der Waals surface area contributed by atoms with Crippen LogP contribution in [0.1, 0.15) is 40.1 Å². The number of aldehydes is 1. The number of alkyl halides is 3. The monoisotopic (exact) mass is 544 g/mol. The number of anilines is 2. The molecule has 4 rings (SSSR count). The topological polar surface area (TPSA) is 74.8 Å². The molecule has 0 bridgehead atoms. The maximum atomic E-state index is 15.6. The highest BCUT2D eigenvalue weighted by Crippen LogP contribution is 2.38. The normalized spacial score (nSPS) is 18.1. The molecule has 39 heavy (non-hydrogen) atoms. The maximum absolute atomic E-state index is 15.6. The van der Waals surface area contributed by atoms with E-state index < -0.39 is 29.0 Å². The zero-order chi connectivity index (χ0) is 28.5. The second kappa shape index (κ2) is 11.0. The number of benzene rings is 2. The SMILES string of the molecule is COc1cc(C(F)(F)F)c(C(=O)Nc2cc(-c3ccccc3C=O)c(F)cc2N2C[C@@H](C)N(C)[C@@H](C)C2)cn1. The van der Waals surface area contributed by atoms with Crippen molar-refractivity contribution in [3.8, 4) is 17.0 Å². The summed E-state index contributed by atoms with van der Waals surface area (Å²) in [5.41, 5.74) is -0.982. The van der Waals surface area contributed by atoms with Gasteiger partial charge in [-0.15, -0.1) is 0 Å². The highest BCUT2D eigenvalue weighted by atomic mass is 19.4. The number of nitrogens with one attached hydrogen (secondary N) is 1. The molecule has 1 aliphatic heterocycles. The fourth-order valence-corrected chi connectivity index (χ4v) is 4.73. The van der Waals surface area contributed by atoms with E-state index in [0.29, 0.717) is 31.1 Å². The molecule has 0 aliphatic carbocycles. The van der Waals surface area contributed by atoms with E-state index in [0.717, 1.165) is 6.20 Å². The summed E-state index contributed by atoms with van der Waals surface area (Å²) in [5.74, 6) is -2.01. The van der Waals surface area contributed by atoms with Crippen LogP contribution in [-0.4, -0.2) is 61.4 Å². The van der Waals surface area contributed by atoms with Crippen molar-refractivity contribution < 1.29 is 31.9 Å². The van der Waals surface area contributed by atoms with Crippen molar-refractivity contribution in [2.75, 3.05) is 37.5 Å². The molecule has 0 radical (unpaired) electrons. The Bertz CT molecular complexity index is 1380. The van der Waals surface area contributed by atoms with Gasteiger partial charge in [0.1, 0.15) is 5.82 Å². The minimum atomic E-state index is -4.86. The van der Waals surface area contributed by atoms with Crippen LogP contribution in [0, 0.1) is 5.82 Å². The third-order valence-corrected chi connectivity index (χ3v) is 7.05. The Labute approximate surface area is 223 Å². The van der Waals surface area contributed by atoms with Gasteiger partial charge in [-0.3, -0.25) is 14.5 Å². The molecule has 1 saturated heterocycles. The van der Waals surface area contributed by atoms with Gasteiger partial charge in [0, 0.05) is 48.6 Å².